The maximum absolute atomic E-state index is 12.3. The van der Waals surface area contributed by atoms with Gasteiger partial charge in [0.25, 0.3) is 11.8 Å². The fourth-order valence-electron chi connectivity index (χ4n) is 2.16. The van der Waals surface area contributed by atoms with Crippen molar-refractivity contribution in [1.82, 2.24) is 19.6 Å². The molecule has 0 aromatic carbocycles. The number of nitrogens with zero attached hydrogens (tertiary/aromatic N) is 4. The van der Waals surface area contributed by atoms with Crippen molar-refractivity contribution in [2.45, 2.75) is 19.9 Å². The van der Waals surface area contributed by atoms with Crippen LogP contribution in [0.3, 0.4) is 0 Å². The summed E-state index contributed by atoms with van der Waals surface area (Å²) in [6, 6.07) is 5.28. The zero-order chi connectivity index (χ0) is 18.0. The fraction of sp³-hybridized carbons (Fsp3) is 0.250. The lowest BCUT2D eigenvalue weighted by atomic mass is 10.3. The van der Waals surface area contributed by atoms with Crippen molar-refractivity contribution >= 4 is 34.7 Å². The average Bonchev–Trinajstić information content (AvgIpc) is 3.28. The Labute approximate surface area is 148 Å². The first-order valence-corrected chi connectivity index (χ1v) is 8.56. The molecule has 0 radical (unpaired) electrons. The molecule has 0 bridgehead atoms. The summed E-state index contributed by atoms with van der Waals surface area (Å²) in [6.45, 7) is 4.00. The van der Waals surface area contributed by atoms with E-state index in [0.29, 0.717) is 16.4 Å². The Balaban J connectivity index is 1.70. The minimum atomic E-state index is -0.365. The fourth-order valence-corrected chi connectivity index (χ4v) is 2.78. The molecule has 0 unspecified atom stereocenters. The minimum absolute atomic E-state index is 0.208. The molecule has 8 nitrogen and oxygen atoms in total. The molecule has 130 valence electrons. The summed E-state index contributed by atoms with van der Waals surface area (Å²) in [5.41, 5.74) is 0.801. The largest absolute Gasteiger partial charge is 0.318 e. The molecule has 3 heterocycles. The van der Waals surface area contributed by atoms with Gasteiger partial charge in [-0.25, -0.2) is 0 Å². The molecule has 3 aromatic heterocycles. The first-order chi connectivity index (χ1) is 11.9. The summed E-state index contributed by atoms with van der Waals surface area (Å²) in [5.74, 6) is -0.153. The molecule has 0 fully saturated rings. The third kappa shape index (κ3) is 3.77. The average molecular weight is 358 g/mol. The zero-order valence-corrected chi connectivity index (χ0v) is 14.9. The third-order valence-electron chi connectivity index (χ3n) is 3.49. The second-order valence-electron chi connectivity index (χ2n) is 5.73. The Kier molecular flexibility index (Phi) is 4.66. The number of thiophene rings is 1. The summed E-state index contributed by atoms with van der Waals surface area (Å²) >= 11 is 1.35. The number of amides is 2. The number of carbonyl (C=O) groups is 2. The van der Waals surface area contributed by atoms with Gasteiger partial charge in [0, 0.05) is 25.4 Å². The predicted octanol–water partition coefficient (Wildman–Crippen LogP) is 2.76. The van der Waals surface area contributed by atoms with Crippen molar-refractivity contribution in [3.63, 3.8) is 0 Å². The van der Waals surface area contributed by atoms with Gasteiger partial charge in [0.15, 0.2) is 5.69 Å². The molecule has 0 aliphatic carbocycles. The first-order valence-electron chi connectivity index (χ1n) is 7.68. The number of hydrogen-bond donors (Lipinski definition) is 2. The van der Waals surface area contributed by atoms with Crippen LogP contribution >= 0.6 is 11.3 Å². The lowest BCUT2D eigenvalue weighted by Gasteiger charge is -2.03. The molecule has 25 heavy (non-hydrogen) atoms. The minimum Gasteiger partial charge on any atom is -0.318 e. The van der Waals surface area contributed by atoms with Gasteiger partial charge >= 0.3 is 0 Å². The number of rotatable bonds is 5. The van der Waals surface area contributed by atoms with Gasteiger partial charge in [0.1, 0.15) is 5.82 Å². The number of aryl methyl sites for hydroxylation is 1. The van der Waals surface area contributed by atoms with Gasteiger partial charge in [-0.3, -0.25) is 19.0 Å². The van der Waals surface area contributed by atoms with Gasteiger partial charge in [0.2, 0.25) is 0 Å². The Hall–Kier alpha value is -2.94. The van der Waals surface area contributed by atoms with E-state index in [4.69, 9.17) is 0 Å². The quantitative estimate of drug-likeness (QED) is 0.733. The van der Waals surface area contributed by atoms with E-state index in [1.54, 1.807) is 36.3 Å². The molecular weight excluding hydrogens is 340 g/mol. The highest BCUT2D eigenvalue weighted by Crippen LogP contribution is 2.16. The Morgan fingerprint density at radius 2 is 2.04 bits per heavy atom. The van der Waals surface area contributed by atoms with Crippen LogP contribution in [0, 0.1) is 0 Å². The molecule has 0 saturated heterocycles. The molecule has 3 rings (SSSR count). The molecule has 2 N–H and O–H groups in total. The van der Waals surface area contributed by atoms with Crippen molar-refractivity contribution in [2.75, 3.05) is 10.6 Å². The van der Waals surface area contributed by atoms with Crippen LogP contribution in [0.5, 0.6) is 0 Å². The highest BCUT2D eigenvalue weighted by Gasteiger charge is 2.16. The van der Waals surface area contributed by atoms with Gasteiger partial charge < -0.3 is 10.6 Å². The van der Waals surface area contributed by atoms with E-state index in [9.17, 15) is 9.59 Å². The van der Waals surface area contributed by atoms with Crippen LogP contribution in [-0.2, 0) is 7.05 Å². The van der Waals surface area contributed by atoms with Crippen molar-refractivity contribution < 1.29 is 9.59 Å². The zero-order valence-electron chi connectivity index (χ0n) is 14.1. The van der Waals surface area contributed by atoms with Gasteiger partial charge in [-0.05, 0) is 25.3 Å². The Bertz CT molecular complexity index is 894. The maximum atomic E-state index is 12.3. The number of hydrogen-bond acceptors (Lipinski definition) is 5. The van der Waals surface area contributed by atoms with E-state index in [1.165, 1.54) is 22.1 Å². The summed E-state index contributed by atoms with van der Waals surface area (Å²) in [7, 11) is 1.66. The number of aromatic nitrogens is 4. The predicted molar refractivity (Wildman–Crippen MR) is 96.0 cm³/mol. The van der Waals surface area contributed by atoms with Crippen molar-refractivity contribution in [3.05, 3.63) is 46.5 Å². The summed E-state index contributed by atoms with van der Waals surface area (Å²) in [6.07, 6.45) is 3.34. The van der Waals surface area contributed by atoms with E-state index in [0.717, 1.165) is 0 Å². The van der Waals surface area contributed by atoms with Gasteiger partial charge in [-0.2, -0.15) is 10.2 Å². The second kappa shape index (κ2) is 6.89. The standard InChI is InChI=1S/C16H18N6O2S/c1-10(2)22-9-11(8-17-22)18-15(23)12-7-14(21(3)20-12)19-16(24)13-5-4-6-25-13/h4-10H,1-3H3,(H,18,23)(H,19,24). The van der Waals surface area contributed by atoms with Gasteiger partial charge in [-0.15, -0.1) is 11.3 Å². The van der Waals surface area contributed by atoms with Crippen LogP contribution in [0.4, 0.5) is 11.5 Å². The third-order valence-corrected chi connectivity index (χ3v) is 4.36. The summed E-state index contributed by atoms with van der Waals surface area (Å²) in [4.78, 5) is 25.0. The van der Waals surface area contributed by atoms with Crippen molar-refractivity contribution in [3.8, 4) is 0 Å². The number of carbonyl (C=O) groups excluding carboxylic acids is 2. The molecular formula is C16H18N6O2S. The van der Waals surface area contributed by atoms with E-state index in [2.05, 4.69) is 20.8 Å². The van der Waals surface area contributed by atoms with E-state index in [-0.39, 0.29) is 23.6 Å². The first kappa shape index (κ1) is 16.9. The highest BCUT2D eigenvalue weighted by molar-refractivity contribution is 7.12. The Morgan fingerprint density at radius 3 is 2.68 bits per heavy atom. The summed E-state index contributed by atoms with van der Waals surface area (Å²) < 4.78 is 3.21. The Morgan fingerprint density at radius 1 is 1.24 bits per heavy atom. The normalized spacial score (nSPS) is 10.9. The van der Waals surface area contributed by atoms with Crippen molar-refractivity contribution in [2.24, 2.45) is 7.05 Å². The van der Waals surface area contributed by atoms with Crippen LogP contribution < -0.4 is 10.6 Å². The maximum Gasteiger partial charge on any atom is 0.276 e. The van der Waals surface area contributed by atoms with Crippen LogP contribution in [0.15, 0.2) is 36.0 Å². The molecule has 2 amide bonds. The number of anilines is 2. The van der Waals surface area contributed by atoms with Crippen LogP contribution in [0.25, 0.3) is 0 Å². The van der Waals surface area contributed by atoms with E-state index >= 15 is 0 Å². The smallest absolute Gasteiger partial charge is 0.276 e. The molecule has 0 saturated carbocycles. The second-order valence-corrected chi connectivity index (χ2v) is 6.67. The SMILES string of the molecule is CC(C)n1cc(NC(=O)c2cc(NC(=O)c3cccs3)n(C)n2)cn1. The molecule has 0 aliphatic heterocycles. The molecule has 0 spiro atoms. The topological polar surface area (TPSA) is 93.8 Å². The van der Waals surface area contributed by atoms with Crippen LogP contribution in [-0.4, -0.2) is 31.4 Å². The van der Waals surface area contributed by atoms with Gasteiger partial charge in [-0.1, -0.05) is 6.07 Å². The van der Waals surface area contributed by atoms with E-state index < -0.39 is 0 Å². The molecule has 0 atom stereocenters. The van der Waals surface area contributed by atoms with Crippen molar-refractivity contribution in [1.29, 1.82) is 0 Å². The van der Waals surface area contributed by atoms with Crippen LogP contribution in [0.1, 0.15) is 40.0 Å². The monoisotopic (exact) mass is 358 g/mol. The summed E-state index contributed by atoms with van der Waals surface area (Å²) in [5, 5.41) is 15.6. The number of nitrogens with one attached hydrogen (secondary N) is 2. The lowest BCUT2D eigenvalue weighted by molar-refractivity contribution is 0.101. The molecule has 0 aliphatic rings. The van der Waals surface area contributed by atoms with E-state index in [1.807, 2.05) is 19.2 Å². The highest BCUT2D eigenvalue weighted by atomic mass is 32.1. The molecule has 3 aromatic rings. The van der Waals surface area contributed by atoms with Crippen LogP contribution in [0.2, 0.25) is 0 Å². The molecule has 9 heteroatoms. The lowest BCUT2D eigenvalue weighted by Crippen LogP contribution is -2.13. The van der Waals surface area contributed by atoms with Gasteiger partial charge in [0.05, 0.1) is 16.8 Å².